The third-order valence-electron chi connectivity index (χ3n) is 3.66. The smallest absolute Gasteiger partial charge is 0.220 e. The van der Waals surface area contributed by atoms with Crippen LogP contribution in [0.1, 0.15) is 12.5 Å². The van der Waals surface area contributed by atoms with Gasteiger partial charge in [-0.25, -0.2) is 9.97 Å². The molecule has 6 heteroatoms. The molecule has 5 nitrogen and oxygen atoms in total. The van der Waals surface area contributed by atoms with Gasteiger partial charge in [0.1, 0.15) is 0 Å². The van der Waals surface area contributed by atoms with Gasteiger partial charge in [0.05, 0.1) is 24.4 Å². The molecule has 2 aromatic rings. The number of nitrogens with two attached hydrogens (primary N) is 1. The van der Waals surface area contributed by atoms with E-state index in [0.717, 1.165) is 30.0 Å². The molecule has 1 aliphatic heterocycles. The van der Waals surface area contributed by atoms with Crippen LogP contribution in [0.25, 0.3) is 11.3 Å². The molecule has 0 bridgehead atoms. The summed E-state index contributed by atoms with van der Waals surface area (Å²) in [6.07, 6.45) is 1.64. The molecule has 0 radical (unpaired) electrons. The van der Waals surface area contributed by atoms with Crippen molar-refractivity contribution in [2.24, 2.45) is 0 Å². The van der Waals surface area contributed by atoms with Crippen LogP contribution in [-0.2, 0) is 10.3 Å². The summed E-state index contributed by atoms with van der Waals surface area (Å²) in [6, 6.07) is 7.71. The molecule has 3 N–H and O–H groups in total. The minimum atomic E-state index is -0.253. The summed E-state index contributed by atoms with van der Waals surface area (Å²) in [7, 11) is 0. The number of nitrogen functional groups attached to an aromatic ring is 1. The molecule has 1 atom stereocenters. The summed E-state index contributed by atoms with van der Waals surface area (Å²) >= 11 is 6.28. The standard InChI is InChI=1S/C15H17ClN4O/c1-15(9-21-5-4-19-15)11-6-10(7-12(16)8-11)13-2-3-18-14(17)20-13/h2-3,6-8,19H,4-5,9H2,1H3,(H2,17,18,20). The van der Waals surface area contributed by atoms with E-state index in [2.05, 4.69) is 28.3 Å². The van der Waals surface area contributed by atoms with Crippen molar-refractivity contribution in [3.63, 3.8) is 0 Å². The lowest BCUT2D eigenvalue weighted by Gasteiger charge is -2.35. The van der Waals surface area contributed by atoms with Gasteiger partial charge in [0.2, 0.25) is 5.95 Å². The van der Waals surface area contributed by atoms with Gasteiger partial charge in [-0.2, -0.15) is 0 Å². The number of halogens is 1. The Kier molecular flexibility index (Phi) is 3.80. The van der Waals surface area contributed by atoms with Crippen molar-refractivity contribution in [1.29, 1.82) is 0 Å². The van der Waals surface area contributed by atoms with Crippen molar-refractivity contribution in [1.82, 2.24) is 15.3 Å². The first-order valence-corrected chi connectivity index (χ1v) is 7.17. The number of nitrogens with one attached hydrogen (secondary N) is 1. The zero-order valence-corrected chi connectivity index (χ0v) is 12.5. The van der Waals surface area contributed by atoms with Crippen LogP contribution in [0.5, 0.6) is 0 Å². The van der Waals surface area contributed by atoms with Crippen molar-refractivity contribution in [2.45, 2.75) is 12.5 Å². The van der Waals surface area contributed by atoms with Gasteiger partial charge in [-0.05, 0) is 36.8 Å². The summed E-state index contributed by atoms with van der Waals surface area (Å²) in [5.41, 5.74) is 8.14. The first-order valence-electron chi connectivity index (χ1n) is 6.80. The van der Waals surface area contributed by atoms with E-state index in [1.807, 2.05) is 18.2 Å². The molecule has 0 aliphatic carbocycles. The minimum absolute atomic E-state index is 0.249. The minimum Gasteiger partial charge on any atom is -0.378 e. The maximum atomic E-state index is 6.28. The molecule has 3 rings (SSSR count). The molecule has 1 aromatic carbocycles. The first kappa shape index (κ1) is 14.3. The fourth-order valence-corrected chi connectivity index (χ4v) is 2.74. The number of anilines is 1. The summed E-state index contributed by atoms with van der Waals surface area (Å²) < 4.78 is 5.59. The second kappa shape index (κ2) is 5.60. The molecular formula is C15H17ClN4O. The molecule has 1 unspecified atom stereocenters. The number of ether oxygens (including phenoxy) is 1. The van der Waals surface area contributed by atoms with Crippen LogP contribution in [0.4, 0.5) is 5.95 Å². The van der Waals surface area contributed by atoms with E-state index in [1.165, 1.54) is 0 Å². The summed E-state index contributed by atoms with van der Waals surface area (Å²) in [4.78, 5) is 8.16. The zero-order chi connectivity index (χ0) is 14.9. The Labute approximate surface area is 128 Å². The second-order valence-electron chi connectivity index (χ2n) is 5.34. The fourth-order valence-electron chi connectivity index (χ4n) is 2.50. The quantitative estimate of drug-likeness (QED) is 0.890. The Morgan fingerprint density at radius 3 is 2.95 bits per heavy atom. The zero-order valence-electron chi connectivity index (χ0n) is 11.8. The lowest BCUT2D eigenvalue weighted by Crippen LogP contribution is -2.49. The number of benzene rings is 1. The van der Waals surface area contributed by atoms with Crippen molar-refractivity contribution in [2.75, 3.05) is 25.5 Å². The van der Waals surface area contributed by atoms with Gasteiger partial charge in [0, 0.05) is 23.3 Å². The van der Waals surface area contributed by atoms with E-state index in [9.17, 15) is 0 Å². The number of morpholine rings is 1. The lowest BCUT2D eigenvalue weighted by molar-refractivity contribution is 0.0339. The Morgan fingerprint density at radius 2 is 2.24 bits per heavy atom. The predicted molar refractivity (Wildman–Crippen MR) is 83.1 cm³/mol. The van der Waals surface area contributed by atoms with Gasteiger partial charge in [-0.1, -0.05) is 11.6 Å². The lowest BCUT2D eigenvalue weighted by atomic mass is 9.90. The Hall–Kier alpha value is -1.69. The highest BCUT2D eigenvalue weighted by molar-refractivity contribution is 6.31. The van der Waals surface area contributed by atoms with Crippen molar-refractivity contribution in [3.05, 3.63) is 41.0 Å². The SMILES string of the molecule is CC1(c2cc(Cl)cc(-c3ccnc(N)n3)c2)COCCN1. The van der Waals surface area contributed by atoms with E-state index in [4.69, 9.17) is 22.1 Å². The average molecular weight is 305 g/mol. The maximum absolute atomic E-state index is 6.28. The first-order chi connectivity index (χ1) is 10.1. The van der Waals surface area contributed by atoms with Gasteiger partial charge in [0.15, 0.2) is 0 Å². The molecule has 21 heavy (non-hydrogen) atoms. The van der Waals surface area contributed by atoms with Crippen molar-refractivity contribution < 1.29 is 4.74 Å². The van der Waals surface area contributed by atoms with Crippen LogP contribution in [-0.4, -0.2) is 29.7 Å². The number of aromatic nitrogens is 2. The number of rotatable bonds is 2. The molecule has 110 valence electrons. The molecule has 2 heterocycles. The van der Waals surface area contributed by atoms with Crippen LogP contribution in [0, 0.1) is 0 Å². The van der Waals surface area contributed by atoms with E-state index in [1.54, 1.807) is 6.20 Å². The molecule has 0 saturated carbocycles. The molecular weight excluding hydrogens is 288 g/mol. The Balaban J connectivity index is 2.04. The van der Waals surface area contributed by atoms with Gasteiger partial charge in [-0.15, -0.1) is 0 Å². The predicted octanol–water partition coefficient (Wildman–Crippen LogP) is 2.21. The van der Waals surface area contributed by atoms with Crippen LogP contribution < -0.4 is 11.1 Å². The molecule has 0 spiro atoms. The summed E-state index contributed by atoms with van der Waals surface area (Å²) in [5, 5.41) is 4.15. The van der Waals surface area contributed by atoms with E-state index in [-0.39, 0.29) is 11.5 Å². The van der Waals surface area contributed by atoms with Gasteiger partial charge in [-0.3, -0.25) is 0 Å². The van der Waals surface area contributed by atoms with Crippen LogP contribution >= 0.6 is 11.6 Å². The topological polar surface area (TPSA) is 73.1 Å². The average Bonchev–Trinajstić information content (AvgIpc) is 2.47. The molecule has 0 amide bonds. The highest BCUT2D eigenvalue weighted by Gasteiger charge is 2.29. The highest BCUT2D eigenvalue weighted by Crippen LogP contribution is 2.30. The molecule has 1 saturated heterocycles. The largest absolute Gasteiger partial charge is 0.378 e. The third-order valence-corrected chi connectivity index (χ3v) is 3.88. The van der Waals surface area contributed by atoms with Gasteiger partial charge < -0.3 is 15.8 Å². The fraction of sp³-hybridized carbons (Fsp3) is 0.333. The normalized spacial score (nSPS) is 22.2. The van der Waals surface area contributed by atoms with E-state index >= 15 is 0 Å². The monoisotopic (exact) mass is 304 g/mol. The summed E-state index contributed by atoms with van der Waals surface area (Å²) in [6.45, 7) is 4.26. The van der Waals surface area contributed by atoms with Gasteiger partial charge >= 0.3 is 0 Å². The molecule has 1 fully saturated rings. The number of nitrogens with zero attached hydrogens (tertiary/aromatic N) is 2. The number of hydrogen-bond acceptors (Lipinski definition) is 5. The van der Waals surface area contributed by atoms with E-state index < -0.39 is 0 Å². The van der Waals surface area contributed by atoms with Crippen molar-refractivity contribution in [3.8, 4) is 11.3 Å². The van der Waals surface area contributed by atoms with Crippen LogP contribution in [0.2, 0.25) is 5.02 Å². The summed E-state index contributed by atoms with van der Waals surface area (Å²) in [5.74, 6) is 0.249. The van der Waals surface area contributed by atoms with Gasteiger partial charge in [0.25, 0.3) is 0 Å². The third kappa shape index (κ3) is 3.00. The molecule has 1 aliphatic rings. The highest BCUT2D eigenvalue weighted by atomic mass is 35.5. The van der Waals surface area contributed by atoms with Crippen molar-refractivity contribution >= 4 is 17.5 Å². The maximum Gasteiger partial charge on any atom is 0.220 e. The van der Waals surface area contributed by atoms with Crippen LogP contribution in [0.15, 0.2) is 30.5 Å². The number of hydrogen-bond donors (Lipinski definition) is 2. The van der Waals surface area contributed by atoms with Crippen LogP contribution in [0.3, 0.4) is 0 Å². The molecule has 1 aromatic heterocycles. The Morgan fingerprint density at radius 1 is 1.38 bits per heavy atom. The van der Waals surface area contributed by atoms with E-state index in [0.29, 0.717) is 11.6 Å². The Bertz CT molecular complexity index is 656. The second-order valence-corrected chi connectivity index (χ2v) is 5.78.